The van der Waals surface area contributed by atoms with E-state index in [4.69, 9.17) is 5.11 Å². The van der Waals surface area contributed by atoms with Crippen LogP contribution in [0.4, 0.5) is 13.6 Å². The van der Waals surface area contributed by atoms with E-state index in [9.17, 15) is 18.4 Å². The fraction of sp³-hybridized carbons (Fsp3) is 0.385. The van der Waals surface area contributed by atoms with Gasteiger partial charge in [-0.2, -0.15) is 0 Å². The Bertz CT molecular complexity index is 540. The second-order valence-electron chi connectivity index (χ2n) is 4.33. The van der Waals surface area contributed by atoms with Crippen molar-refractivity contribution < 1.29 is 23.5 Å². The number of carbonyl (C=O) groups excluding carboxylic acids is 1. The summed E-state index contributed by atoms with van der Waals surface area (Å²) >= 11 is 2.92. The van der Waals surface area contributed by atoms with Crippen LogP contribution in [0.5, 0.6) is 0 Å². The van der Waals surface area contributed by atoms with E-state index in [0.717, 1.165) is 6.07 Å². The number of urea groups is 1. The van der Waals surface area contributed by atoms with Crippen LogP contribution in [0, 0.1) is 11.6 Å². The lowest BCUT2D eigenvalue weighted by molar-refractivity contribution is -0.139. The summed E-state index contributed by atoms with van der Waals surface area (Å²) in [6, 6.07) is 0.455. The molecule has 0 radical (unpaired) electrons. The fourth-order valence-corrected chi connectivity index (χ4v) is 2.03. The molecule has 0 aliphatic carbocycles. The van der Waals surface area contributed by atoms with Gasteiger partial charge in [0.2, 0.25) is 0 Å². The van der Waals surface area contributed by atoms with Crippen molar-refractivity contribution in [2.24, 2.45) is 0 Å². The Morgan fingerprint density at radius 1 is 1.38 bits per heavy atom. The fourth-order valence-electron chi connectivity index (χ4n) is 1.66. The number of carboxylic acids is 1. The van der Waals surface area contributed by atoms with E-state index in [2.05, 4.69) is 26.6 Å². The molecule has 3 N–H and O–H groups in total. The Labute approximate surface area is 128 Å². The van der Waals surface area contributed by atoms with Crippen molar-refractivity contribution >= 4 is 27.9 Å². The predicted octanol–water partition coefficient (Wildman–Crippen LogP) is 2.78. The summed E-state index contributed by atoms with van der Waals surface area (Å²) < 4.78 is 27.2. The summed E-state index contributed by atoms with van der Waals surface area (Å²) in [7, 11) is 0. The molecule has 1 aromatic rings. The van der Waals surface area contributed by atoms with Gasteiger partial charge >= 0.3 is 12.0 Å². The number of amides is 2. The maximum absolute atomic E-state index is 13.7. The molecule has 1 atom stereocenters. The molecule has 1 aromatic carbocycles. The first-order valence-electron chi connectivity index (χ1n) is 6.26. The Kier molecular flexibility index (Phi) is 6.54. The molecule has 2 amide bonds. The van der Waals surface area contributed by atoms with E-state index in [0.29, 0.717) is 6.42 Å². The summed E-state index contributed by atoms with van der Waals surface area (Å²) in [5.41, 5.74) is -0.304. The normalized spacial score (nSPS) is 11.8. The van der Waals surface area contributed by atoms with E-state index in [1.807, 2.05) is 0 Å². The molecule has 116 valence electrons. The Morgan fingerprint density at radius 3 is 2.62 bits per heavy atom. The lowest BCUT2D eigenvalue weighted by atomic mass is 10.2. The summed E-state index contributed by atoms with van der Waals surface area (Å²) in [6.45, 7) is 1.39. The largest absolute Gasteiger partial charge is 0.480 e. The molecule has 0 aromatic heterocycles. The highest BCUT2D eigenvalue weighted by molar-refractivity contribution is 9.10. The number of halogens is 3. The van der Waals surface area contributed by atoms with Crippen LogP contribution < -0.4 is 10.6 Å². The zero-order valence-corrected chi connectivity index (χ0v) is 12.8. The first-order chi connectivity index (χ1) is 9.86. The highest BCUT2D eigenvalue weighted by Gasteiger charge is 2.19. The lowest BCUT2D eigenvalue weighted by Gasteiger charge is -2.14. The number of carbonyl (C=O) groups is 2. The quantitative estimate of drug-likeness (QED) is 0.679. The van der Waals surface area contributed by atoms with Gasteiger partial charge in [0.15, 0.2) is 0 Å². The third-order valence-electron chi connectivity index (χ3n) is 2.75. The number of rotatable bonds is 6. The number of benzene rings is 1. The van der Waals surface area contributed by atoms with Crippen molar-refractivity contribution in [1.29, 1.82) is 0 Å². The molecule has 0 saturated heterocycles. The first kappa shape index (κ1) is 17.4. The van der Waals surface area contributed by atoms with E-state index in [-0.39, 0.29) is 23.0 Å². The predicted molar refractivity (Wildman–Crippen MR) is 75.8 cm³/mol. The highest BCUT2D eigenvalue weighted by atomic mass is 79.9. The minimum absolute atomic E-state index is 0.0792. The van der Waals surface area contributed by atoms with Crippen molar-refractivity contribution in [3.63, 3.8) is 0 Å². The molecule has 0 fully saturated rings. The van der Waals surface area contributed by atoms with Gasteiger partial charge in [0, 0.05) is 5.56 Å². The zero-order chi connectivity index (χ0) is 16.0. The molecule has 0 aliphatic heterocycles. The Balaban J connectivity index is 2.65. The molecule has 8 heteroatoms. The minimum Gasteiger partial charge on any atom is -0.480 e. The second kappa shape index (κ2) is 7.92. The summed E-state index contributed by atoms with van der Waals surface area (Å²) in [4.78, 5) is 22.5. The van der Waals surface area contributed by atoms with Gasteiger partial charge in [-0.15, -0.1) is 0 Å². The molecule has 0 heterocycles. The van der Waals surface area contributed by atoms with Crippen LogP contribution in [0.3, 0.4) is 0 Å². The van der Waals surface area contributed by atoms with Gasteiger partial charge in [-0.25, -0.2) is 18.4 Å². The molecule has 0 aliphatic rings. The van der Waals surface area contributed by atoms with Crippen LogP contribution in [0.15, 0.2) is 16.6 Å². The second-order valence-corrected chi connectivity index (χ2v) is 5.18. The van der Waals surface area contributed by atoms with Crippen molar-refractivity contribution in [3.05, 3.63) is 33.8 Å². The number of hydrogen-bond donors (Lipinski definition) is 3. The number of nitrogens with one attached hydrogen (secondary N) is 2. The summed E-state index contributed by atoms with van der Waals surface area (Å²) in [5, 5.41) is 13.4. The highest BCUT2D eigenvalue weighted by Crippen LogP contribution is 2.21. The molecule has 0 spiro atoms. The third-order valence-corrected chi connectivity index (χ3v) is 3.36. The molecule has 0 saturated carbocycles. The number of hydrogen-bond acceptors (Lipinski definition) is 2. The third kappa shape index (κ3) is 4.96. The minimum atomic E-state index is -1.16. The van der Waals surface area contributed by atoms with Crippen molar-refractivity contribution in [3.8, 4) is 0 Å². The smallest absolute Gasteiger partial charge is 0.326 e. The van der Waals surface area contributed by atoms with E-state index in [1.54, 1.807) is 6.92 Å². The lowest BCUT2D eigenvalue weighted by Crippen LogP contribution is -2.45. The number of carboxylic acid groups (broad SMARTS) is 1. The topological polar surface area (TPSA) is 78.4 Å². The average molecular weight is 365 g/mol. The van der Waals surface area contributed by atoms with Crippen LogP contribution in [-0.4, -0.2) is 23.1 Å². The van der Waals surface area contributed by atoms with Crippen molar-refractivity contribution in [1.82, 2.24) is 10.6 Å². The van der Waals surface area contributed by atoms with Gasteiger partial charge in [-0.05, 0) is 34.5 Å². The van der Waals surface area contributed by atoms with Crippen LogP contribution in [-0.2, 0) is 11.3 Å². The molecule has 1 rings (SSSR count). The van der Waals surface area contributed by atoms with Crippen LogP contribution in [0.1, 0.15) is 25.3 Å². The van der Waals surface area contributed by atoms with Gasteiger partial charge in [0.25, 0.3) is 0 Å². The van der Waals surface area contributed by atoms with Crippen LogP contribution in [0.25, 0.3) is 0 Å². The molecule has 21 heavy (non-hydrogen) atoms. The Hall–Kier alpha value is -1.70. The van der Waals surface area contributed by atoms with Gasteiger partial charge in [0.1, 0.15) is 17.7 Å². The maximum Gasteiger partial charge on any atom is 0.326 e. The SMILES string of the molecule is CCCC(NC(=O)NCc1c(F)ccc(Br)c1F)C(=O)O. The Morgan fingerprint density at radius 2 is 2.05 bits per heavy atom. The average Bonchev–Trinajstić information content (AvgIpc) is 2.42. The molecular formula is C13H15BrF2N2O3. The van der Waals surface area contributed by atoms with Gasteiger partial charge in [0.05, 0.1) is 11.0 Å². The first-order valence-corrected chi connectivity index (χ1v) is 7.05. The van der Waals surface area contributed by atoms with Crippen molar-refractivity contribution in [2.45, 2.75) is 32.4 Å². The molecule has 1 unspecified atom stereocenters. The van der Waals surface area contributed by atoms with Crippen LogP contribution >= 0.6 is 15.9 Å². The van der Waals surface area contributed by atoms with Crippen molar-refractivity contribution in [2.75, 3.05) is 0 Å². The van der Waals surface area contributed by atoms with E-state index >= 15 is 0 Å². The standard InChI is InChI=1S/C13H15BrF2N2O3/c1-2-3-10(12(19)20)18-13(21)17-6-7-9(15)5-4-8(14)11(7)16/h4-5,10H,2-3,6H2,1H3,(H,19,20)(H2,17,18,21). The van der Waals surface area contributed by atoms with Crippen LogP contribution in [0.2, 0.25) is 0 Å². The van der Waals surface area contributed by atoms with E-state index < -0.39 is 29.7 Å². The molecule has 0 bridgehead atoms. The van der Waals surface area contributed by atoms with Gasteiger partial charge in [-0.1, -0.05) is 13.3 Å². The monoisotopic (exact) mass is 364 g/mol. The van der Waals surface area contributed by atoms with E-state index in [1.165, 1.54) is 6.07 Å². The summed E-state index contributed by atoms with van der Waals surface area (Å²) in [6.07, 6.45) is 0.842. The summed E-state index contributed by atoms with van der Waals surface area (Å²) in [5.74, 6) is -2.76. The van der Waals surface area contributed by atoms with Gasteiger partial charge < -0.3 is 15.7 Å². The van der Waals surface area contributed by atoms with Gasteiger partial charge in [-0.3, -0.25) is 0 Å². The maximum atomic E-state index is 13.7. The molecular weight excluding hydrogens is 350 g/mol. The molecule has 5 nitrogen and oxygen atoms in total. The number of aliphatic carboxylic acids is 1. The zero-order valence-electron chi connectivity index (χ0n) is 11.3.